The van der Waals surface area contributed by atoms with Gasteiger partial charge in [-0.05, 0) is 61.9 Å². The SMILES string of the molecule is O=C(Nc1ccc(-n2cccn2)cc1)N1CC2(CCC2)C1C1CCOCC1. The van der Waals surface area contributed by atoms with E-state index in [1.807, 2.05) is 41.2 Å². The fraction of sp³-hybridized carbons (Fsp3) is 0.524. The molecule has 0 radical (unpaired) electrons. The van der Waals surface area contributed by atoms with E-state index in [0.717, 1.165) is 44.0 Å². The normalized spacial score (nSPS) is 24.3. The predicted octanol–water partition coefficient (Wildman–Crippen LogP) is 3.69. The summed E-state index contributed by atoms with van der Waals surface area (Å²) in [7, 11) is 0. The lowest BCUT2D eigenvalue weighted by Gasteiger charge is -2.64. The van der Waals surface area contributed by atoms with Crippen LogP contribution in [0.15, 0.2) is 42.7 Å². The fourth-order valence-corrected chi connectivity index (χ4v) is 5.13. The van der Waals surface area contributed by atoms with Crippen LogP contribution >= 0.6 is 0 Å². The standard InChI is InChI=1S/C21H26N4O2/c26-20(23-17-3-5-18(6-4-17)25-12-2-11-22-25)24-15-21(9-1-10-21)19(24)16-7-13-27-14-8-16/h2-6,11-12,16,19H,1,7-10,13-15H2,(H,23,26). The molecule has 1 atom stereocenters. The van der Waals surface area contributed by atoms with Gasteiger partial charge < -0.3 is 15.0 Å². The molecule has 3 fully saturated rings. The third kappa shape index (κ3) is 2.92. The maximum Gasteiger partial charge on any atom is 0.322 e. The van der Waals surface area contributed by atoms with Gasteiger partial charge in [-0.15, -0.1) is 0 Å². The van der Waals surface area contributed by atoms with Crippen molar-refractivity contribution in [3.05, 3.63) is 42.7 Å². The Morgan fingerprint density at radius 2 is 1.96 bits per heavy atom. The molecular formula is C21H26N4O2. The third-order valence-electron chi connectivity index (χ3n) is 6.66. The topological polar surface area (TPSA) is 59.4 Å². The minimum atomic E-state index is 0.0378. The lowest BCUT2D eigenvalue weighted by Crippen LogP contribution is -2.72. The number of anilines is 1. The van der Waals surface area contributed by atoms with Gasteiger partial charge in [0.2, 0.25) is 0 Å². The molecule has 1 unspecified atom stereocenters. The fourth-order valence-electron chi connectivity index (χ4n) is 5.13. The summed E-state index contributed by atoms with van der Waals surface area (Å²) < 4.78 is 7.35. The molecule has 6 nitrogen and oxygen atoms in total. The van der Waals surface area contributed by atoms with Gasteiger partial charge in [-0.3, -0.25) is 0 Å². The number of rotatable bonds is 3. The first-order chi connectivity index (χ1) is 13.3. The number of nitrogens with one attached hydrogen (secondary N) is 1. The van der Waals surface area contributed by atoms with Crippen molar-refractivity contribution in [3.63, 3.8) is 0 Å². The van der Waals surface area contributed by atoms with Gasteiger partial charge in [0.25, 0.3) is 0 Å². The maximum absolute atomic E-state index is 13.0. The van der Waals surface area contributed by atoms with E-state index in [4.69, 9.17) is 4.74 Å². The molecule has 0 bridgehead atoms. The second-order valence-electron chi connectivity index (χ2n) is 8.17. The molecule has 1 aromatic heterocycles. The van der Waals surface area contributed by atoms with Crippen molar-refractivity contribution >= 4 is 11.7 Å². The van der Waals surface area contributed by atoms with E-state index in [0.29, 0.717) is 17.4 Å². The molecule has 142 valence electrons. The van der Waals surface area contributed by atoms with E-state index in [-0.39, 0.29) is 6.03 Å². The van der Waals surface area contributed by atoms with Crippen LogP contribution in [0.25, 0.3) is 5.69 Å². The number of hydrogen-bond donors (Lipinski definition) is 1. The first-order valence-corrected chi connectivity index (χ1v) is 10.0. The van der Waals surface area contributed by atoms with Crippen LogP contribution in [0.4, 0.5) is 10.5 Å². The van der Waals surface area contributed by atoms with Crippen LogP contribution in [0.1, 0.15) is 32.1 Å². The van der Waals surface area contributed by atoms with Crippen molar-refractivity contribution in [2.45, 2.75) is 38.1 Å². The van der Waals surface area contributed by atoms with Crippen molar-refractivity contribution in [3.8, 4) is 5.69 Å². The number of likely N-dealkylation sites (tertiary alicyclic amines) is 1. The van der Waals surface area contributed by atoms with E-state index in [1.54, 1.807) is 6.20 Å². The Kier molecular flexibility index (Phi) is 4.16. The Balaban J connectivity index is 1.27. The number of aromatic nitrogens is 2. The van der Waals surface area contributed by atoms with Gasteiger partial charge in [0.15, 0.2) is 0 Å². The number of amides is 2. The van der Waals surface area contributed by atoms with E-state index in [2.05, 4.69) is 15.3 Å². The molecule has 2 aromatic rings. The van der Waals surface area contributed by atoms with E-state index >= 15 is 0 Å². The van der Waals surface area contributed by atoms with Crippen molar-refractivity contribution in [2.24, 2.45) is 11.3 Å². The lowest BCUT2D eigenvalue weighted by atomic mass is 9.54. The highest BCUT2D eigenvalue weighted by Crippen LogP contribution is 2.56. The van der Waals surface area contributed by atoms with Gasteiger partial charge in [-0.25, -0.2) is 9.48 Å². The summed E-state index contributed by atoms with van der Waals surface area (Å²) in [5.74, 6) is 0.584. The van der Waals surface area contributed by atoms with Crippen LogP contribution in [-0.4, -0.2) is 46.5 Å². The van der Waals surface area contributed by atoms with Gasteiger partial charge in [0.05, 0.1) is 5.69 Å². The van der Waals surface area contributed by atoms with Crippen LogP contribution in [0, 0.1) is 11.3 Å². The van der Waals surface area contributed by atoms with Gasteiger partial charge >= 0.3 is 6.03 Å². The largest absolute Gasteiger partial charge is 0.381 e. The summed E-state index contributed by atoms with van der Waals surface area (Å²) in [4.78, 5) is 15.0. The molecule has 3 aliphatic rings. The van der Waals surface area contributed by atoms with Gasteiger partial charge in [-0.2, -0.15) is 5.10 Å². The molecule has 2 saturated heterocycles. The summed E-state index contributed by atoms with van der Waals surface area (Å²) in [6.07, 6.45) is 9.68. The molecule has 3 heterocycles. The summed E-state index contributed by atoms with van der Waals surface area (Å²) >= 11 is 0. The van der Waals surface area contributed by atoms with Crippen molar-refractivity contribution in [2.75, 3.05) is 25.1 Å². The highest BCUT2D eigenvalue weighted by molar-refractivity contribution is 5.90. The van der Waals surface area contributed by atoms with Crippen molar-refractivity contribution in [1.82, 2.24) is 14.7 Å². The Morgan fingerprint density at radius 1 is 1.19 bits per heavy atom. The molecule has 1 aromatic carbocycles. The second kappa shape index (κ2) is 6.68. The molecule has 1 N–H and O–H groups in total. The van der Waals surface area contributed by atoms with E-state index in [9.17, 15) is 4.79 Å². The van der Waals surface area contributed by atoms with Crippen molar-refractivity contribution < 1.29 is 9.53 Å². The van der Waals surface area contributed by atoms with Crippen LogP contribution in [0.3, 0.4) is 0 Å². The maximum atomic E-state index is 13.0. The number of hydrogen-bond acceptors (Lipinski definition) is 3. The van der Waals surface area contributed by atoms with Crippen LogP contribution in [0.2, 0.25) is 0 Å². The average molecular weight is 366 g/mol. The van der Waals surface area contributed by atoms with Crippen LogP contribution < -0.4 is 5.32 Å². The van der Waals surface area contributed by atoms with E-state index < -0.39 is 0 Å². The lowest BCUT2D eigenvalue weighted by molar-refractivity contribution is -0.135. The number of ether oxygens (including phenoxy) is 1. The van der Waals surface area contributed by atoms with Crippen LogP contribution in [0.5, 0.6) is 0 Å². The zero-order valence-electron chi connectivity index (χ0n) is 15.5. The zero-order chi connectivity index (χ0) is 18.3. The molecule has 1 spiro atoms. The Bertz CT molecular complexity index is 792. The van der Waals surface area contributed by atoms with Crippen molar-refractivity contribution in [1.29, 1.82) is 0 Å². The number of benzene rings is 1. The molecule has 1 saturated carbocycles. The highest BCUT2D eigenvalue weighted by Gasteiger charge is 2.59. The number of urea groups is 1. The summed E-state index contributed by atoms with van der Waals surface area (Å²) in [5, 5.41) is 7.33. The molecule has 6 heteroatoms. The summed E-state index contributed by atoms with van der Waals surface area (Å²) in [6.45, 7) is 2.58. The smallest absolute Gasteiger partial charge is 0.322 e. The van der Waals surface area contributed by atoms with Gasteiger partial charge in [0.1, 0.15) is 0 Å². The summed E-state index contributed by atoms with van der Waals surface area (Å²) in [6, 6.07) is 10.2. The highest BCUT2D eigenvalue weighted by atomic mass is 16.5. The molecule has 27 heavy (non-hydrogen) atoms. The molecule has 5 rings (SSSR count). The second-order valence-corrected chi connectivity index (χ2v) is 8.17. The Hall–Kier alpha value is -2.34. The quantitative estimate of drug-likeness (QED) is 0.901. The molecule has 2 aliphatic heterocycles. The zero-order valence-corrected chi connectivity index (χ0v) is 15.5. The van der Waals surface area contributed by atoms with Gasteiger partial charge in [0, 0.05) is 49.3 Å². The molecule has 2 amide bonds. The number of carbonyl (C=O) groups excluding carboxylic acids is 1. The Labute approximate surface area is 159 Å². The first kappa shape index (κ1) is 16.8. The number of carbonyl (C=O) groups is 1. The van der Waals surface area contributed by atoms with Crippen LogP contribution in [-0.2, 0) is 4.74 Å². The van der Waals surface area contributed by atoms with E-state index in [1.165, 1.54) is 19.3 Å². The minimum Gasteiger partial charge on any atom is -0.381 e. The third-order valence-corrected chi connectivity index (χ3v) is 6.66. The molecule has 1 aliphatic carbocycles. The number of nitrogens with zero attached hydrogens (tertiary/aromatic N) is 3. The Morgan fingerprint density at radius 3 is 2.59 bits per heavy atom. The van der Waals surface area contributed by atoms with Gasteiger partial charge in [-0.1, -0.05) is 6.42 Å². The summed E-state index contributed by atoms with van der Waals surface area (Å²) in [5.41, 5.74) is 2.20. The predicted molar refractivity (Wildman–Crippen MR) is 103 cm³/mol. The minimum absolute atomic E-state index is 0.0378. The molecular weight excluding hydrogens is 340 g/mol. The first-order valence-electron chi connectivity index (χ1n) is 10.0. The monoisotopic (exact) mass is 366 g/mol. The average Bonchev–Trinajstić information content (AvgIpc) is 3.16.